The largest absolute Gasteiger partial charge is 0.494 e. The lowest BCUT2D eigenvalue weighted by Crippen LogP contribution is -2.35. The maximum Gasteiger partial charge on any atom is 0.303 e. The molecular formula is C25H23N3O6S2. The summed E-state index contributed by atoms with van der Waals surface area (Å²) in [5.41, 5.74) is 1.82. The van der Waals surface area contributed by atoms with Gasteiger partial charge in [0.25, 0.3) is 11.8 Å². The molecule has 1 saturated heterocycles. The molecule has 0 unspecified atom stereocenters. The van der Waals surface area contributed by atoms with Gasteiger partial charge < -0.3 is 15.2 Å². The Hall–Kier alpha value is -3.70. The molecule has 2 heterocycles. The molecule has 2 aromatic carbocycles. The van der Waals surface area contributed by atoms with E-state index < -0.39 is 23.7 Å². The third-order valence-electron chi connectivity index (χ3n) is 5.52. The third kappa shape index (κ3) is 5.26. The number of anilines is 2. The number of benzene rings is 2. The predicted molar refractivity (Wildman–Crippen MR) is 141 cm³/mol. The number of nitrogens with zero attached hydrogens (tertiary/aromatic N) is 2. The molecule has 2 aliphatic heterocycles. The molecule has 0 radical (unpaired) electrons. The van der Waals surface area contributed by atoms with Crippen LogP contribution in [-0.2, 0) is 19.2 Å². The lowest BCUT2D eigenvalue weighted by atomic mass is 10.1. The van der Waals surface area contributed by atoms with E-state index in [0.717, 1.165) is 11.8 Å². The van der Waals surface area contributed by atoms with Crippen LogP contribution in [0, 0.1) is 0 Å². The van der Waals surface area contributed by atoms with Gasteiger partial charge in [0.15, 0.2) is 0 Å². The van der Waals surface area contributed by atoms with Crippen molar-refractivity contribution in [2.24, 2.45) is 0 Å². The molecule has 0 saturated carbocycles. The van der Waals surface area contributed by atoms with Gasteiger partial charge in [0.2, 0.25) is 5.91 Å². The molecule has 186 valence electrons. The summed E-state index contributed by atoms with van der Waals surface area (Å²) in [6.07, 6.45) is 0.148. The quantitative estimate of drug-likeness (QED) is 0.378. The van der Waals surface area contributed by atoms with Gasteiger partial charge in [-0.05, 0) is 43.7 Å². The first-order valence-electron chi connectivity index (χ1n) is 11.2. The summed E-state index contributed by atoms with van der Waals surface area (Å²) in [5, 5.41) is 11.7. The highest BCUT2D eigenvalue weighted by molar-refractivity contribution is 8.26. The minimum absolute atomic E-state index is 0.0953. The average Bonchev–Trinajstić information content (AvgIpc) is 3.27. The zero-order valence-electron chi connectivity index (χ0n) is 19.4. The molecule has 0 bridgehead atoms. The first-order valence-corrected chi connectivity index (χ1v) is 12.5. The van der Waals surface area contributed by atoms with Crippen molar-refractivity contribution in [3.05, 3.63) is 59.0 Å². The van der Waals surface area contributed by atoms with Crippen LogP contribution in [0.2, 0.25) is 0 Å². The Bertz CT molecular complexity index is 1270. The zero-order valence-corrected chi connectivity index (χ0v) is 21.0. The van der Waals surface area contributed by atoms with Crippen LogP contribution in [0.15, 0.2) is 53.4 Å². The maximum absolute atomic E-state index is 13.5. The second-order valence-electron chi connectivity index (χ2n) is 7.94. The number of carbonyl (C=O) groups excluding carboxylic acids is 3. The maximum atomic E-state index is 13.5. The van der Waals surface area contributed by atoms with Crippen molar-refractivity contribution in [2.75, 3.05) is 29.9 Å². The monoisotopic (exact) mass is 525 g/mol. The van der Waals surface area contributed by atoms with Crippen molar-refractivity contribution in [1.29, 1.82) is 0 Å². The summed E-state index contributed by atoms with van der Waals surface area (Å²) in [7, 11) is 0. The summed E-state index contributed by atoms with van der Waals surface area (Å²) in [4.78, 5) is 53.1. The number of fused-ring (bicyclic) bond motifs is 1. The van der Waals surface area contributed by atoms with Crippen molar-refractivity contribution in [3.63, 3.8) is 0 Å². The molecule has 2 aliphatic rings. The SMILES string of the molecule is CCOc1ccc(NC(=O)CN2C(=O)/C(=C3\SC(=S)N(CCCC(=O)O)C3=O)c3ccccc32)cc1. The van der Waals surface area contributed by atoms with Crippen LogP contribution in [0.1, 0.15) is 25.3 Å². The van der Waals surface area contributed by atoms with E-state index in [-0.39, 0.29) is 40.7 Å². The molecule has 9 nitrogen and oxygen atoms in total. The highest BCUT2D eigenvalue weighted by Gasteiger charge is 2.42. The molecule has 11 heteroatoms. The van der Waals surface area contributed by atoms with Crippen LogP contribution in [0.3, 0.4) is 0 Å². The second-order valence-corrected chi connectivity index (χ2v) is 9.58. The first kappa shape index (κ1) is 25.4. The smallest absolute Gasteiger partial charge is 0.303 e. The average molecular weight is 526 g/mol. The Labute approximate surface area is 217 Å². The summed E-state index contributed by atoms with van der Waals surface area (Å²) in [6.45, 7) is 2.32. The number of thiocarbonyl (C=S) groups is 1. The molecule has 2 aromatic rings. The summed E-state index contributed by atoms with van der Waals surface area (Å²) >= 11 is 6.35. The number of aliphatic carboxylic acids is 1. The van der Waals surface area contributed by atoms with Crippen LogP contribution in [-0.4, -0.2) is 57.7 Å². The summed E-state index contributed by atoms with van der Waals surface area (Å²) in [6, 6.07) is 13.9. The van der Waals surface area contributed by atoms with E-state index in [1.807, 2.05) is 6.92 Å². The normalized spacial score (nSPS) is 17.0. The van der Waals surface area contributed by atoms with Crippen LogP contribution >= 0.6 is 24.0 Å². The van der Waals surface area contributed by atoms with Crippen molar-refractivity contribution >= 4 is 68.9 Å². The van der Waals surface area contributed by atoms with E-state index in [4.69, 9.17) is 22.1 Å². The van der Waals surface area contributed by atoms with Crippen LogP contribution in [0.4, 0.5) is 11.4 Å². The number of nitrogens with one attached hydrogen (secondary N) is 1. The predicted octanol–water partition coefficient (Wildman–Crippen LogP) is 3.51. The van der Waals surface area contributed by atoms with Crippen molar-refractivity contribution in [3.8, 4) is 5.75 Å². The van der Waals surface area contributed by atoms with Crippen molar-refractivity contribution in [2.45, 2.75) is 19.8 Å². The number of ether oxygens (including phenoxy) is 1. The van der Waals surface area contributed by atoms with E-state index in [1.54, 1.807) is 48.5 Å². The lowest BCUT2D eigenvalue weighted by molar-refractivity contribution is -0.137. The number of carboxylic acid groups (broad SMARTS) is 1. The molecule has 0 atom stereocenters. The van der Waals surface area contributed by atoms with Crippen LogP contribution in [0.25, 0.3) is 5.57 Å². The molecule has 0 aromatic heterocycles. The topological polar surface area (TPSA) is 116 Å². The highest BCUT2D eigenvalue weighted by Crippen LogP contribution is 2.44. The van der Waals surface area contributed by atoms with Gasteiger partial charge in [-0.15, -0.1) is 0 Å². The molecule has 1 fully saturated rings. The number of carboxylic acids is 1. The van der Waals surface area contributed by atoms with Gasteiger partial charge in [0.05, 0.1) is 22.8 Å². The Kier molecular flexibility index (Phi) is 7.70. The van der Waals surface area contributed by atoms with E-state index in [9.17, 15) is 19.2 Å². The number of carbonyl (C=O) groups is 4. The zero-order chi connectivity index (χ0) is 25.8. The minimum Gasteiger partial charge on any atom is -0.494 e. The highest BCUT2D eigenvalue weighted by atomic mass is 32.2. The Balaban J connectivity index is 1.54. The molecule has 4 rings (SSSR count). The van der Waals surface area contributed by atoms with E-state index in [1.165, 1.54) is 9.80 Å². The van der Waals surface area contributed by atoms with Gasteiger partial charge >= 0.3 is 5.97 Å². The number of thioether (sulfide) groups is 1. The fourth-order valence-corrected chi connectivity index (χ4v) is 5.31. The van der Waals surface area contributed by atoms with E-state index in [0.29, 0.717) is 29.3 Å². The lowest BCUT2D eigenvalue weighted by Gasteiger charge is -2.17. The van der Waals surface area contributed by atoms with Gasteiger partial charge in [-0.2, -0.15) is 0 Å². The fraction of sp³-hybridized carbons (Fsp3) is 0.240. The Morgan fingerprint density at radius 3 is 2.47 bits per heavy atom. The van der Waals surface area contributed by atoms with E-state index in [2.05, 4.69) is 5.32 Å². The first-order chi connectivity index (χ1) is 17.3. The standard InChI is InChI=1S/C25H23N3O6S2/c1-2-34-16-11-9-15(10-12-16)26-19(29)14-28-18-7-4-3-6-17(18)21(23(28)32)22-24(33)27(25(35)36-22)13-5-8-20(30)31/h3-4,6-7,9-12H,2,5,8,13-14H2,1H3,(H,26,29)(H,30,31)/b22-21-. The van der Waals surface area contributed by atoms with Gasteiger partial charge in [-0.25, -0.2) is 0 Å². The van der Waals surface area contributed by atoms with Gasteiger partial charge in [-0.3, -0.25) is 29.0 Å². The second kappa shape index (κ2) is 10.9. The van der Waals surface area contributed by atoms with Gasteiger partial charge in [0.1, 0.15) is 16.6 Å². The Morgan fingerprint density at radius 2 is 1.78 bits per heavy atom. The van der Waals surface area contributed by atoms with Crippen LogP contribution < -0.4 is 15.0 Å². The molecule has 0 spiro atoms. The molecule has 0 aliphatic carbocycles. The number of hydrogen-bond acceptors (Lipinski definition) is 7. The molecular weight excluding hydrogens is 502 g/mol. The summed E-state index contributed by atoms with van der Waals surface area (Å²) < 4.78 is 5.67. The number of rotatable bonds is 9. The van der Waals surface area contributed by atoms with Gasteiger partial charge in [-0.1, -0.05) is 42.2 Å². The summed E-state index contributed by atoms with van der Waals surface area (Å²) in [5.74, 6) is -1.58. The van der Waals surface area contributed by atoms with Crippen molar-refractivity contribution in [1.82, 2.24) is 4.90 Å². The van der Waals surface area contributed by atoms with Gasteiger partial charge in [0, 0.05) is 24.2 Å². The van der Waals surface area contributed by atoms with E-state index >= 15 is 0 Å². The third-order valence-corrected chi connectivity index (χ3v) is 6.97. The Morgan fingerprint density at radius 1 is 1.06 bits per heavy atom. The fourth-order valence-electron chi connectivity index (χ4n) is 3.93. The molecule has 2 N–H and O–H groups in total. The van der Waals surface area contributed by atoms with Crippen molar-refractivity contribution < 1.29 is 29.0 Å². The molecule has 3 amide bonds. The number of amides is 3. The minimum atomic E-state index is -0.960. The van der Waals surface area contributed by atoms with Crippen LogP contribution in [0.5, 0.6) is 5.75 Å². The number of hydrogen-bond donors (Lipinski definition) is 2. The number of para-hydroxylation sites is 1. The molecule has 36 heavy (non-hydrogen) atoms.